The lowest BCUT2D eigenvalue weighted by atomic mass is 10.0. The summed E-state index contributed by atoms with van der Waals surface area (Å²) in [5.41, 5.74) is 2.99. The molecule has 0 unspecified atom stereocenters. The highest BCUT2D eigenvalue weighted by molar-refractivity contribution is 6.01. The number of aryl methyl sites for hydroxylation is 2. The molecule has 1 amide bonds. The molecule has 3 N–H and O–H groups in total. The molecule has 0 fully saturated rings. The van der Waals surface area contributed by atoms with Crippen molar-refractivity contribution >= 4 is 29.2 Å². The van der Waals surface area contributed by atoms with Crippen LogP contribution in [0.4, 0.5) is 25.8 Å². The Bertz CT molecular complexity index is 870. The molecule has 144 valence electrons. The molecular formula is C19H21F2N3O3. The van der Waals surface area contributed by atoms with Gasteiger partial charge in [-0.2, -0.15) is 0 Å². The summed E-state index contributed by atoms with van der Waals surface area (Å²) in [6.07, 6.45) is 1.42. The van der Waals surface area contributed by atoms with E-state index in [1.807, 2.05) is 0 Å². The van der Waals surface area contributed by atoms with Gasteiger partial charge in [0.2, 0.25) is 0 Å². The van der Waals surface area contributed by atoms with Gasteiger partial charge in [0.15, 0.2) is 5.82 Å². The maximum absolute atomic E-state index is 15.1. The molecule has 0 heterocycles. The van der Waals surface area contributed by atoms with Gasteiger partial charge in [-0.1, -0.05) is 6.07 Å². The Kier molecular flexibility index (Phi) is 6.98. The molecule has 0 aliphatic rings. The Labute approximate surface area is 155 Å². The number of nitrogens with one attached hydrogen (secondary N) is 2. The Hall–Kier alpha value is -2.84. The Morgan fingerprint density at radius 2 is 2.04 bits per heavy atom. The van der Waals surface area contributed by atoms with Crippen molar-refractivity contribution in [3.8, 4) is 0 Å². The van der Waals surface area contributed by atoms with E-state index in [9.17, 15) is 9.18 Å². The highest BCUT2D eigenvalue weighted by Gasteiger charge is 2.22. The summed E-state index contributed by atoms with van der Waals surface area (Å²) in [5, 5.41) is 11.4. The summed E-state index contributed by atoms with van der Waals surface area (Å²) >= 11 is 0. The summed E-state index contributed by atoms with van der Waals surface area (Å²) in [4.78, 5) is 21.2. The van der Waals surface area contributed by atoms with Crippen LogP contribution < -0.4 is 10.8 Å². The van der Waals surface area contributed by atoms with E-state index in [-0.39, 0.29) is 35.8 Å². The summed E-state index contributed by atoms with van der Waals surface area (Å²) in [6, 6.07) is 5.84. The number of aliphatic hydroxyl groups excluding tert-OH is 1. The van der Waals surface area contributed by atoms with Gasteiger partial charge >= 0.3 is 0 Å². The molecule has 0 saturated heterocycles. The monoisotopic (exact) mass is 377 g/mol. The van der Waals surface area contributed by atoms with Gasteiger partial charge in [0, 0.05) is 6.21 Å². The molecule has 0 radical (unpaired) electrons. The first-order chi connectivity index (χ1) is 12.9. The van der Waals surface area contributed by atoms with Crippen molar-refractivity contribution in [2.45, 2.75) is 20.8 Å². The first kappa shape index (κ1) is 20.5. The predicted molar refractivity (Wildman–Crippen MR) is 99.9 cm³/mol. The van der Waals surface area contributed by atoms with Crippen LogP contribution in [0.25, 0.3) is 0 Å². The second-order valence-electron chi connectivity index (χ2n) is 5.78. The second kappa shape index (κ2) is 9.20. The van der Waals surface area contributed by atoms with Crippen LogP contribution >= 0.6 is 0 Å². The van der Waals surface area contributed by atoms with Crippen molar-refractivity contribution in [3.05, 3.63) is 52.6 Å². The first-order valence-electron chi connectivity index (χ1n) is 8.27. The molecule has 2 aromatic rings. The van der Waals surface area contributed by atoms with E-state index in [4.69, 9.17) is 9.94 Å². The maximum atomic E-state index is 15.1. The van der Waals surface area contributed by atoms with Gasteiger partial charge < -0.3 is 10.4 Å². The topological polar surface area (TPSA) is 83.0 Å². The number of hydrogen-bond acceptors (Lipinski definition) is 5. The zero-order valence-corrected chi connectivity index (χ0v) is 15.3. The van der Waals surface area contributed by atoms with Crippen LogP contribution in [0, 0.1) is 25.5 Å². The Balaban J connectivity index is 2.53. The normalized spacial score (nSPS) is 11.0. The summed E-state index contributed by atoms with van der Waals surface area (Å²) in [7, 11) is 0. The van der Waals surface area contributed by atoms with E-state index in [1.165, 1.54) is 24.4 Å². The van der Waals surface area contributed by atoms with Crippen LogP contribution in [-0.2, 0) is 4.84 Å². The third-order valence-electron chi connectivity index (χ3n) is 3.68. The molecule has 0 atom stereocenters. The van der Waals surface area contributed by atoms with Crippen molar-refractivity contribution in [1.82, 2.24) is 5.48 Å². The van der Waals surface area contributed by atoms with E-state index in [0.717, 1.165) is 0 Å². The average Bonchev–Trinajstić information content (AvgIpc) is 2.62. The van der Waals surface area contributed by atoms with Gasteiger partial charge in [-0.15, -0.1) is 0 Å². The van der Waals surface area contributed by atoms with Gasteiger partial charge in [-0.05, 0) is 50.1 Å². The van der Waals surface area contributed by atoms with Crippen LogP contribution in [0.5, 0.6) is 0 Å². The number of carbonyl (C=O) groups is 1. The van der Waals surface area contributed by atoms with Crippen LogP contribution in [0.15, 0.2) is 29.3 Å². The molecule has 8 heteroatoms. The van der Waals surface area contributed by atoms with Gasteiger partial charge in [0.25, 0.3) is 5.91 Å². The van der Waals surface area contributed by atoms with Gasteiger partial charge in [-0.3, -0.25) is 14.6 Å². The van der Waals surface area contributed by atoms with Crippen molar-refractivity contribution < 1.29 is 23.5 Å². The molecule has 0 saturated carbocycles. The lowest BCUT2D eigenvalue weighted by Crippen LogP contribution is -2.26. The van der Waals surface area contributed by atoms with Crippen molar-refractivity contribution in [2.75, 3.05) is 18.5 Å². The Morgan fingerprint density at radius 1 is 1.30 bits per heavy atom. The third-order valence-corrected chi connectivity index (χ3v) is 3.68. The molecular weight excluding hydrogens is 356 g/mol. The van der Waals surface area contributed by atoms with Crippen LogP contribution in [-0.4, -0.2) is 30.4 Å². The standard InChI is InChI=1S/C19H21F2N3O3/c1-4-22-17-12(3)10-13(19(26)24-27-8-7-25)18(16(17)21)23-15-6-5-11(2)9-14(15)20/h4-6,9-10,23,25H,7-8H2,1-3H3,(H,24,26)/b22-4-. The number of hydroxylamine groups is 1. The number of aliphatic hydroxyl groups is 1. The number of halogens is 2. The fourth-order valence-corrected chi connectivity index (χ4v) is 2.43. The van der Waals surface area contributed by atoms with Gasteiger partial charge in [0.1, 0.15) is 11.5 Å². The largest absolute Gasteiger partial charge is 0.394 e. The molecule has 0 aliphatic heterocycles. The highest BCUT2D eigenvalue weighted by Crippen LogP contribution is 2.35. The smallest absolute Gasteiger partial charge is 0.277 e. The highest BCUT2D eigenvalue weighted by atomic mass is 19.1. The third kappa shape index (κ3) is 4.87. The average molecular weight is 377 g/mol. The van der Waals surface area contributed by atoms with Gasteiger partial charge in [-0.25, -0.2) is 14.3 Å². The van der Waals surface area contributed by atoms with E-state index < -0.39 is 17.5 Å². The van der Waals surface area contributed by atoms with E-state index in [2.05, 4.69) is 15.8 Å². The van der Waals surface area contributed by atoms with E-state index >= 15 is 4.39 Å². The number of benzene rings is 2. The number of hydrogen-bond donors (Lipinski definition) is 3. The van der Waals surface area contributed by atoms with Crippen molar-refractivity contribution in [2.24, 2.45) is 4.99 Å². The van der Waals surface area contributed by atoms with Crippen molar-refractivity contribution in [1.29, 1.82) is 0 Å². The lowest BCUT2D eigenvalue weighted by molar-refractivity contribution is 0.0168. The zero-order chi connectivity index (χ0) is 20.0. The number of carbonyl (C=O) groups excluding carboxylic acids is 1. The molecule has 0 aliphatic carbocycles. The molecule has 2 rings (SSSR count). The fraction of sp³-hybridized carbons (Fsp3) is 0.263. The number of amides is 1. The summed E-state index contributed by atoms with van der Waals surface area (Å²) < 4.78 is 29.3. The van der Waals surface area contributed by atoms with Gasteiger partial charge in [0.05, 0.1) is 30.2 Å². The number of anilines is 2. The molecule has 27 heavy (non-hydrogen) atoms. The minimum atomic E-state index is -0.791. The SMILES string of the molecule is C/C=N\c1c(C)cc(C(=O)NOCCO)c(Nc2ccc(C)cc2F)c1F. The van der Waals surface area contributed by atoms with Crippen LogP contribution in [0.1, 0.15) is 28.4 Å². The molecule has 2 aromatic carbocycles. The molecule has 0 aromatic heterocycles. The number of rotatable bonds is 7. The summed E-state index contributed by atoms with van der Waals surface area (Å²) in [6.45, 7) is 4.55. The predicted octanol–water partition coefficient (Wildman–Crippen LogP) is 3.70. The number of aliphatic imine (C=N–C) groups is 1. The zero-order valence-electron chi connectivity index (χ0n) is 15.3. The van der Waals surface area contributed by atoms with E-state index in [1.54, 1.807) is 26.8 Å². The minimum absolute atomic E-state index is 0.0140. The van der Waals surface area contributed by atoms with E-state index in [0.29, 0.717) is 11.1 Å². The number of nitrogens with zero attached hydrogens (tertiary/aromatic N) is 1. The molecule has 0 spiro atoms. The Morgan fingerprint density at radius 3 is 2.67 bits per heavy atom. The quantitative estimate of drug-likeness (QED) is 0.390. The molecule has 6 nitrogen and oxygen atoms in total. The molecule has 0 bridgehead atoms. The second-order valence-corrected chi connectivity index (χ2v) is 5.78. The van der Waals surface area contributed by atoms with Crippen LogP contribution in [0.2, 0.25) is 0 Å². The first-order valence-corrected chi connectivity index (χ1v) is 8.27. The fourth-order valence-electron chi connectivity index (χ4n) is 2.43. The summed E-state index contributed by atoms with van der Waals surface area (Å²) in [5.74, 6) is -2.12. The lowest BCUT2D eigenvalue weighted by Gasteiger charge is -2.16. The minimum Gasteiger partial charge on any atom is -0.394 e. The maximum Gasteiger partial charge on any atom is 0.277 e. The van der Waals surface area contributed by atoms with Crippen LogP contribution in [0.3, 0.4) is 0 Å². The van der Waals surface area contributed by atoms with Crippen molar-refractivity contribution in [3.63, 3.8) is 0 Å².